The van der Waals surface area contributed by atoms with Gasteiger partial charge in [-0.25, -0.2) is 0 Å². The van der Waals surface area contributed by atoms with E-state index in [0.29, 0.717) is 0 Å². The molecule has 0 saturated heterocycles. The van der Waals surface area contributed by atoms with E-state index in [9.17, 15) is 9.59 Å². The molecule has 0 spiro atoms. The first-order valence-electron chi connectivity index (χ1n) is 6.71. The molecular weight excluding hydrogens is 252 g/mol. The van der Waals surface area contributed by atoms with Gasteiger partial charge in [0, 0.05) is 12.1 Å². The quantitative estimate of drug-likeness (QED) is 0.806. The number of aryl methyl sites for hydroxylation is 2. The van der Waals surface area contributed by atoms with Gasteiger partial charge in [-0.05, 0) is 44.9 Å². The maximum atomic E-state index is 11.6. The average molecular weight is 274 g/mol. The van der Waals surface area contributed by atoms with Crippen molar-refractivity contribution in [3.05, 3.63) is 41.0 Å². The molecule has 1 aromatic rings. The lowest BCUT2D eigenvalue weighted by atomic mass is 10.1. The molecule has 108 valence electrons. The van der Waals surface area contributed by atoms with Crippen LogP contribution in [0.25, 0.3) is 6.08 Å². The summed E-state index contributed by atoms with van der Waals surface area (Å²) >= 11 is 0. The van der Waals surface area contributed by atoms with Crippen LogP contribution in [0.15, 0.2) is 24.3 Å². The monoisotopic (exact) mass is 274 g/mol. The number of rotatable bonds is 5. The van der Waals surface area contributed by atoms with E-state index in [2.05, 4.69) is 16.7 Å². The Hall–Kier alpha value is -2.10. The van der Waals surface area contributed by atoms with Crippen molar-refractivity contribution in [1.82, 2.24) is 10.6 Å². The van der Waals surface area contributed by atoms with E-state index in [0.717, 1.165) is 11.1 Å². The summed E-state index contributed by atoms with van der Waals surface area (Å²) in [6.07, 6.45) is 3.20. The highest BCUT2D eigenvalue weighted by molar-refractivity contribution is 5.94. The van der Waals surface area contributed by atoms with Crippen molar-refractivity contribution in [2.45, 2.75) is 33.7 Å². The summed E-state index contributed by atoms with van der Waals surface area (Å²) in [7, 11) is 0. The van der Waals surface area contributed by atoms with Gasteiger partial charge in [-0.2, -0.15) is 0 Å². The lowest BCUT2D eigenvalue weighted by Gasteiger charge is -2.08. The highest BCUT2D eigenvalue weighted by Crippen LogP contribution is 2.11. The molecule has 0 heterocycles. The van der Waals surface area contributed by atoms with Gasteiger partial charge >= 0.3 is 0 Å². The second-order valence-corrected chi connectivity index (χ2v) is 5.13. The Morgan fingerprint density at radius 2 is 1.95 bits per heavy atom. The van der Waals surface area contributed by atoms with Gasteiger partial charge < -0.3 is 10.6 Å². The van der Waals surface area contributed by atoms with Gasteiger partial charge in [0.05, 0.1) is 6.54 Å². The molecule has 1 rings (SSSR count). The summed E-state index contributed by atoms with van der Waals surface area (Å²) in [5, 5.41) is 5.26. The Morgan fingerprint density at radius 3 is 2.55 bits per heavy atom. The summed E-state index contributed by atoms with van der Waals surface area (Å²) in [4.78, 5) is 23.0. The van der Waals surface area contributed by atoms with Crippen molar-refractivity contribution < 1.29 is 9.59 Å². The zero-order chi connectivity index (χ0) is 15.1. The minimum absolute atomic E-state index is 0.00572. The Balaban J connectivity index is 2.49. The molecule has 0 aliphatic rings. The molecule has 0 radical (unpaired) electrons. The van der Waals surface area contributed by atoms with Gasteiger partial charge in [0.2, 0.25) is 11.8 Å². The standard InChI is InChI=1S/C16H22N2O2/c1-11(2)18-16(20)10-17-15(19)8-7-14-6-5-12(3)9-13(14)4/h5-9,11H,10H2,1-4H3,(H,17,19)(H,18,20)/b8-7+. The van der Waals surface area contributed by atoms with Crippen LogP contribution in [0.4, 0.5) is 0 Å². The minimum atomic E-state index is -0.274. The number of hydrogen-bond donors (Lipinski definition) is 2. The van der Waals surface area contributed by atoms with Crippen molar-refractivity contribution in [2.24, 2.45) is 0 Å². The van der Waals surface area contributed by atoms with Crippen LogP contribution < -0.4 is 10.6 Å². The van der Waals surface area contributed by atoms with E-state index in [4.69, 9.17) is 0 Å². The number of carbonyl (C=O) groups is 2. The smallest absolute Gasteiger partial charge is 0.244 e. The van der Waals surface area contributed by atoms with Crippen LogP contribution in [0.3, 0.4) is 0 Å². The van der Waals surface area contributed by atoms with E-state index < -0.39 is 0 Å². The van der Waals surface area contributed by atoms with Crippen molar-refractivity contribution in [2.75, 3.05) is 6.54 Å². The maximum Gasteiger partial charge on any atom is 0.244 e. The van der Waals surface area contributed by atoms with Crippen LogP contribution in [0.1, 0.15) is 30.5 Å². The topological polar surface area (TPSA) is 58.2 Å². The predicted octanol–water partition coefficient (Wildman–Crippen LogP) is 1.96. The molecule has 0 fully saturated rings. The molecule has 20 heavy (non-hydrogen) atoms. The van der Waals surface area contributed by atoms with E-state index in [1.807, 2.05) is 39.8 Å². The SMILES string of the molecule is Cc1ccc(/C=C/C(=O)NCC(=O)NC(C)C)c(C)c1. The molecular formula is C16H22N2O2. The summed E-state index contributed by atoms with van der Waals surface area (Å²) in [6, 6.07) is 6.11. The van der Waals surface area contributed by atoms with Gasteiger partial charge in [-0.1, -0.05) is 23.8 Å². The molecule has 0 atom stereocenters. The molecule has 0 bridgehead atoms. The van der Waals surface area contributed by atoms with Crippen LogP contribution in [0, 0.1) is 13.8 Å². The van der Waals surface area contributed by atoms with Crippen LogP contribution in [0.2, 0.25) is 0 Å². The van der Waals surface area contributed by atoms with Gasteiger partial charge in [0.1, 0.15) is 0 Å². The third kappa shape index (κ3) is 5.69. The molecule has 0 aliphatic carbocycles. The normalized spacial score (nSPS) is 10.8. The van der Waals surface area contributed by atoms with Crippen molar-refractivity contribution in [3.63, 3.8) is 0 Å². The fraction of sp³-hybridized carbons (Fsp3) is 0.375. The lowest BCUT2D eigenvalue weighted by molar-refractivity contribution is -0.124. The Labute approximate surface area is 120 Å². The first kappa shape index (κ1) is 16.0. The molecule has 4 heteroatoms. The Kier molecular flexibility index (Phi) is 5.97. The lowest BCUT2D eigenvalue weighted by Crippen LogP contribution is -2.39. The largest absolute Gasteiger partial charge is 0.352 e. The van der Waals surface area contributed by atoms with Gasteiger partial charge in [-0.15, -0.1) is 0 Å². The zero-order valence-corrected chi connectivity index (χ0v) is 12.5. The molecule has 4 nitrogen and oxygen atoms in total. The van der Waals surface area contributed by atoms with Crippen molar-refractivity contribution in [3.8, 4) is 0 Å². The van der Waals surface area contributed by atoms with E-state index in [1.165, 1.54) is 11.6 Å². The number of benzene rings is 1. The van der Waals surface area contributed by atoms with E-state index in [-0.39, 0.29) is 24.4 Å². The number of carbonyl (C=O) groups excluding carboxylic acids is 2. The third-order valence-electron chi connectivity index (χ3n) is 2.71. The second kappa shape index (κ2) is 7.48. The molecule has 1 aromatic carbocycles. The molecule has 0 aliphatic heterocycles. The van der Waals surface area contributed by atoms with Gasteiger partial charge in [0.15, 0.2) is 0 Å². The van der Waals surface area contributed by atoms with Crippen LogP contribution >= 0.6 is 0 Å². The van der Waals surface area contributed by atoms with Crippen LogP contribution in [-0.2, 0) is 9.59 Å². The average Bonchev–Trinajstić information content (AvgIpc) is 2.34. The summed E-state index contributed by atoms with van der Waals surface area (Å²) in [5.41, 5.74) is 3.30. The van der Waals surface area contributed by atoms with E-state index >= 15 is 0 Å². The third-order valence-corrected chi connectivity index (χ3v) is 2.71. The number of amides is 2. The molecule has 0 aromatic heterocycles. The van der Waals surface area contributed by atoms with Crippen LogP contribution in [0.5, 0.6) is 0 Å². The van der Waals surface area contributed by atoms with Crippen molar-refractivity contribution >= 4 is 17.9 Å². The number of nitrogens with one attached hydrogen (secondary N) is 2. The summed E-state index contributed by atoms with van der Waals surface area (Å²) < 4.78 is 0. The fourth-order valence-electron chi connectivity index (χ4n) is 1.78. The van der Waals surface area contributed by atoms with Gasteiger partial charge in [0.25, 0.3) is 0 Å². The highest BCUT2D eigenvalue weighted by atomic mass is 16.2. The Bertz CT molecular complexity index is 519. The zero-order valence-electron chi connectivity index (χ0n) is 12.5. The Morgan fingerprint density at radius 1 is 1.25 bits per heavy atom. The van der Waals surface area contributed by atoms with Gasteiger partial charge in [-0.3, -0.25) is 9.59 Å². The van der Waals surface area contributed by atoms with E-state index in [1.54, 1.807) is 6.08 Å². The van der Waals surface area contributed by atoms with Crippen LogP contribution in [-0.4, -0.2) is 24.4 Å². The maximum absolute atomic E-state index is 11.6. The highest BCUT2D eigenvalue weighted by Gasteiger charge is 2.04. The predicted molar refractivity (Wildman–Crippen MR) is 81.2 cm³/mol. The summed E-state index contributed by atoms with van der Waals surface area (Å²) in [5.74, 6) is -0.461. The first-order chi connectivity index (χ1) is 9.38. The summed E-state index contributed by atoms with van der Waals surface area (Å²) in [6.45, 7) is 7.77. The molecule has 0 unspecified atom stereocenters. The molecule has 0 saturated carbocycles. The molecule has 2 amide bonds. The fourth-order valence-corrected chi connectivity index (χ4v) is 1.78. The van der Waals surface area contributed by atoms with Crippen molar-refractivity contribution in [1.29, 1.82) is 0 Å². The second-order valence-electron chi connectivity index (χ2n) is 5.13. The minimum Gasteiger partial charge on any atom is -0.352 e. The molecule has 2 N–H and O–H groups in total. The first-order valence-corrected chi connectivity index (χ1v) is 6.71. The number of hydrogen-bond acceptors (Lipinski definition) is 2.